The highest BCUT2D eigenvalue weighted by Gasteiger charge is 2.42. The second-order valence-electron chi connectivity index (χ2n) is 4.86. The van der Waals surface area contributed by atoms with Crippen LogP contribution in [0.3, 0.4) is 0 Å². The van der Waals surface area contributed by atoms with Crippen LogP contribution in [0.2, 0.25) is 0 Å². The number of ketones is 1. The third-order valence-corrected chi connectivity index (χ3v) is 3.78. The zero-order valence-electron chi connectivity index (χ0n) is 8.05. The lowest BCUT2D eigenvalue weighted by Crippen LogP contribution is -2.23. The van der Waals surface area contributed by atoms with Crippen LogP contribution in [0, 0.1) is 23.7 Å². The first kappa shape index (κ1) is 8.28. The zero-order chi connectivity index (χ0) is 8.72. The van der Waals surface area contributed by atoms with E-state index in [1.54, 1.807) is 0 Å². The van der Waals surface area contributed by atoms with Crippen LogP contribution in [0.5, 0.6) is 0 Å². The Hall–Kier alpha value is -0.330. The van der Waals surface area contributed by atoms with Crippen LogP contribution >= 0.6 is 0 Å². The highest BCUT2D eigenvalue weighted by molar-refractivity contribution is 5.82. The minimum atomic E-state index is 0.448. The summed E-state index contributed by atoms with van der Waals surface area (Å²) in [5, 5.41) is 0. The van der Waals surface area contributed by atoms with E-state index in [9.17, 15) is 4.79 Å². The Bertz CT molecular complexity index is 195. The van der Waals surface area contributed by atoms with Crippen molar-refractivity contribution in [3.05, 3.63) is 0 Å². The van der Waals surface area contributed by atoms with Crippen molar-refractivity contribution in [2.45, 2.75) is 39.5 Å². The number of carbonyl (C=O) groups excluding carboxylic acids is 1. The molecule has 0 saturated heterocycles. The van der Waals surface area contributed by atoms with Gasteiger partial charge in [0.1, 0.15) is 5.78 Å². The van der Waals surface area contributed by atoms with Gasteiger partial charge in [0.05, 0.1) is 0 Å². The maximum atomic E-state index is 11.6. The fraction of sp³-hybridized carbons (Fsp3) is 0.909. The molecule has 0 amide bonds. The van der Waals surface area contributed by atoms with E-state index in [4.69, 9.17) is 0 Å². The van der Waals surface area contributed by atoms with Crippen LogP contribution < -0.4 is 0 Å². The fourth-order valence-corrected chi connectivity index (χ4v) is 3.05. The van der Waals surface area contributed by atoms with Crippen molar-refractivity contribution in [3.8, 4) is 0 Å². The maximum Gasteiger partial charge on any atom is 0.136 e. The molecule has 2 saturated carbocycles. The summed E-state index contributed by atoms with van der Waals surface area (Å²) in [4.78, 5) is 11.6. The lowest BCUT2D eigenvalue weighted by atomic mass is 9.82. The van der Waals surface area contributed by atoms with Crippen molar-refractivity contribution >= 4 is 5.78 Å². The van der Waals surface area contributed by atoms with Crippen molar-refractivity contribution in [1.29, 1.82) is 0 Å². The van der Waals surface area contributed by atoms with Gasteiger partial charge in [-0.1, -0.05) is 13.8 Å². The Morgan fingerprint density at radius 3 is 2.75 bits per heavy atom. The zero-order valence-corrected chi connectivity index (χ0v) is 8.05. The molecule has 3 atom stereocenters. The van der Waals surface area contributed by atoms with Crippen LogP contribution in [0.4, 0.5) is 0 Å². The SMILES string of the molecule is CC(C)C1CC2CCC(=O)C1C2. The minimum Gasteiger partial charge on any atom is -0.299 e. The van der Waals surface area contributed by atoms with Gasteiger partial charge < -0.3 is 0 Å². The third-order valence-electron chi connectivity index (χ3n) is 3.78. The number of rotatable bonds is 1. The quantitative estimate of drug-likeness (QED) is 0.585. The van der Waals surface area contributed by atoms with Gasteiger partial charge in [-0.15, -0.1) is 0 Å². The molecule has 68 valence electrons. The van der Waals surface area contributed by atoms with Crippen LogP contribution in [-0.4, -0.2) is 5.78 Å². The van der Waals surface area contributed by atoms with E-state index in [2.05, 4.69) is 13.8 Å². The van der Waals surface area contributed by atoms with Crippen molar-refractivity contribution in [2.75, 3.05) is 0 Å². The predicted molar refractivity (Wildman–Crippen MR) is 48.8 cm³/mol. The van der Waals surface area contributed by atoms with E-state index in [1.165, 1.54) is 19.3 Å². The summed E-state index contributed by atoms with van der Waals surface area (Å²) in [6.07, 6.45) is 4.59. The summed E-state index contributed by atoms with van der Waals surface area (Å²) in [6.45, 7) is 4.53. The smallest absolute Gasteiger partial charge is 0.136 e. The van der Waals surface area contributed by atoms with Crippen LogP contribution in [0.1, 0.15) is 39.5 Å². The van der Waals surface area contributed by atoms with E-state index >= 15 is 0 Å². The second-order valence-corrected chi connectivity index (χ2v) is 4.86. The molecule has 2 bridgehead atoms. The molecule has 3 unspecified atom stereocenters. The second kappa shape index (κ2) is 2.86. The highest BCUT2D eigenvalue weighted by atomic mass is 16.1. The van der Waals surface area contributed by atoms with E-state index in [1.807, 2.05) is 0 Å². The molecule has 0 heterocycles. The Morgan fingerprint density at radius 1 is 1.33 bits per heavy atom. The monoisotopic (exact) mass is 166 g/mol. The molecule has 2 rings (SSSR count). The molecule has 2 aliphatic rings. The molecule has 2 fully saturated rings. The first-order valence-electron chi connectivity index (χ1n) is 5.21. The molecule has 0 aromatic heterocycles. The average molecular weight is 166 g/mol. The normalized spacial score (nSPS) is 40.9. The third kappa shape index (κ3) is 1.19. The number of carbonyl (C=O) groups is 1. The molecular weight excluding hydrogens is 148 g/mol. The molecule has 1 heteroatoms. The van der Waals surface area contributed by atoms with Gasteiger partial charge in [0.25, 0.3) is 0 Å². The summed E-state index contributed by atoms with van der Waals surface area (Å²) in [6, 6.07) is 0. The summed E-state index contributed by atoms with van der Waals surface area (Å²) in [5.74, 6) is 3.32. The Kier molecular flexibility index (Phi) is 1.97. The Labute approximate surface area is 74.5 Å². The summed E-state index contributed by atoms with van der Waals surface area (Å²) in [5.41, 5.74) is 0. The number of hydrogen-bond donors (Lipinski definition) is 0. The molecule has 0 aromatic rings. The summed E-state index contributed by atoms with van der Waals surface area (Å²) >= 11 is 0. The van der Waals surface area contributed by atoms with Gasteiger partial charge in [-0.25, -0.2) is 0 Å². The number of Topliss-reactive ketones (excluding diaryl/α,β-unsaturated/α-hetero) is 1. The van der Waals surface area contributed by atoms with Crippen molar-refractivity contribution < 1.29 is 4.79 Å². The predicted octanol–water partition coefficient (Wildman–Crippen LogP) is 2.65. The molecule has 0 radical (unpaired) electrons. The van der Waals surface area contributed by atoms with Crippen molar-refractivity contribution in [3.63, 3.8) is 0 Å². The molecule has 2 aliphatic carbocycles. The molecule has 0 spiro atoms. The van der Waals surface area contributed by atoms with E-state index in [-0.39, 0.29) is 0 Å². The van der Waals surface area contributed by atoms with Gasteiger partial charge >= 0.3 is 0 Å². The molecular formula is C11H18O. The average Bonchev–Trinajstić information content (AvgIpc) is 2.37. The topological polar surface area (TPSA) is 17.1 Å². The Morgan fingerprint density at radius 2 is 2.08 bits per heavy atom. The van der Waals surface area contributed by atoms with Gasteiger partial charge in [0.15, 0.2) is 0 Å². The number of fused-ring (bicyclic) bond motifs is 2. The first-order chi connectivity index (χ1) is 5.68. The summed E-state index contributed by atoms with van der Waals surface area (Å²) in [7, 11) is 0. The molecule has 0 N–H and O–H groups in total. The molecule has 1 nitrogen and oxygen atoms in total. The van der Waals surface area contributed by atoms with Crippen LogP contribution in [-0.2, 0) is 4.79 Å². The van der Waals surface area contributed by atoms with Gasteiger partial charge in [0.2, 0.25) is 0 Å². The van der Waals surface area contributed by atoms with E-state index in [0.29, 0.717) is 23.5 Å². The molecule has 0 aromatic carbocycles. The lowest BCUT2D eigenvalue weighted by molar-refractivity contribution is -0.125. The highest BCUT2D eigenvalue weighted by Crippen LogP contribution is 2.46. The van der Waals surface area contributed by atoms with Gasteiger partial charge in [-0.2, -0.15) is 0 Å². The molecule has 12 heavy (non-hydrogen) atoms. The number of hydrogen-bond acceptors (Lipinski definition) is 1. The van der Waals surface area contributed by atoms with Gasteiger partial charge in [0, 0.05) is 12.3 Å². The van der Waals surface area contributed by atoms with Gasteiger partial charge in [-0.05, 0) is 37.0 Å². The van der Waals surface area contributed by atoms with E-state index in [0.717, 1.165) is 12.3 Å². The summed E-state index contributed by atoms with van der Waals surface area (Å²) < 4.78 is 0. The van der Waals surface area contributed by atoms with Crippen LogP contribution in [0.15, 0.2) is 0 Å². The van der Waals surface area contributed by atoms with Gasteiger partial charge in [-0.3, -0.25) is 4.79 Å². The largest absolute Gasteiger partial charge is 0.299 e. The first-order valence-corrected chi connectivity index (χ1v) is 5.21. The lowest BCUT2D eigenvalue weighted by Gasteiger charge is -2.22. The Balaban J connectivity index is 2.14. The standard InChI is InChI=1S/C11H18O/c1-7(2)9-5-8-3-4-11(12)10(9)6-8/h7-10H,3-6H2,1-2H3. The minimum absolute atomic E-state index is 0.448. The van der Waals surface area contributed by atoms with E-state index < -0.39 is 0 Å². The maximum absolute atomic E-state index is 11.6. The van der Waals surface area contributed by atoms with Crippen molar-refractivity contribution in [2.24, 2.45) is 23.7 Å². The fourth-order valence-electron chi connectivity index (χ4n) is 3.05. The van der Waals surface area contributed by atoms with Crippen LogP contribution in [0.25, 0.3) is 0 Å². The van der Waals surface area contributed by atoms with Crippen molar-refractivity contribution in [1.82, 2.24) is 0 Å². The molecule has 0 aliphatic heterocycles.